The Labute approximate surface area is 130 Å². The first-order valence-electron chi connectivity index (χ1n) is 7.04. The van der Waals surface area contributed by atoms with Crippen molar-refractivity contribution in [2.24, 2.45) is 16.1 Å². The fourth-order valence-corrected chi connectivity index (χ4v) is 3.00. The van der Waals surface area contributed by atoms with Crippen LogP contribution < -0.4 is 0 Å². The zero-order chi connectivity index (χ0) is 16.8. The lowest BCUT2D eigenvalue weighted by atomic mass is 10.00. The number of benzene rings is 1. The molecule has 122 valence electrons. The number of nitrogens with zero attached hydrogens (tertiary/aromatic N) is 3. The van der Waals surface area contributed by atoms with Gasteiger partial charge in [0.15, 0.2) is 5.92 Å². The molecule has 0 spiro atoms. The van der Waals surface area contributed by atoms with Crippen LogP contribution in [-0.4, -0.2) is 22.1 Å². The molecule has 0 bridgehead atoms. The van der Waals surface area contributed by atoms with Crippen LogP contribution in [0, 0.1) is 5.92 Å². The molecule has 1 aromatic rings. The molecule has 0 radical (unpaired) electrons. The van der Waals surface area contributed by atoms with E-state index >= 15 is 0 Å². The first-order chi connectivity index (χ1) is 10.8. The molecule has 2 atom stereocenters. The molecular formula is C15H14F3N3O2. The fourth-order valence-electron chi connectivity index (χ4n) is 3.00. The minimum atomic E-state index is -4.72. The maximum Gasteiger partial charge on any atom is 0.406 e. The summed E-state index contributed by atoms with van der Waals surface area (Å²) in [5, 5.41) is 16.2. The molecule has 2 aliphatic heterocycles. The van der Waals surface area contributed by atoms with Gasteiger partial charge in [0, 0.05) is 13.1 Å². The highest BCUT2D eigenvalue weighted by atomic mass is 19.4. The highest BCUT2D eigenvalue weighted by Crippen LogP contribution is 2.40. The largest absolute Gasteiger partial charge is 0.406 e. The highest BCUT2D eigenvalue weighted by molar-refractivity contribution is 5.83. The number of hydrogen-bond acceptors (Lipinski definition) is 4. The van der Waals surface area contributed by atoms with E-state index in [1.807, 2.05) is 0 Å². The third kappa shape index (κ3) is 2.74. The van der Waals surface area contributed by atoms with Gasteiger partial charge < -0.3 is 10.0 Å². The molecule has 23 heavy (non-hydrogen) atoms. The van der Waals surface area contributed by atoms with Crippen LogP contribution in [-0.2, 0) is 17.9 Å². The summed E-state index contributed by atoms with van der Waals surface area (Å²) in [7, 11) is 0. The average Bonchev–Trinajstić information content (AvgIpc) is 2.88. The van der Waals surface area contributed by atoms with Gasteiger partial charge in [0.25, 0.3) is 5.91 Å². The first kappa shape index (κ1) is 15.7. The van der Waals surface area contributed by atoms with Gasteiger partial charge >= 0.3 is 6.18 Å². The Hall–Kier alpha value is -2.22. The van der Waals surface area contributed by atoms with Gasteiger partial charge in [0.2, 0.25) is 0 Å². The van der Waals surface area contributed by atoms with Crippen LogP contribution in [0.3, 0.4) is 0 Å². The third-order valence-corrected chi connectivity index (χ3v) is 4.05. The Morgan fingerprint density at radius 3 is 2.74 bits per heavy atom. The molecule has 5 nitrogen and oxygen atoms in total. The Bertz CT molecular complexity index is 710. The van der Waals surface area contributed by atoms with Gasteiger partial charge in [-0.15, -0.1) is 5.11 Å². The van der Waals surface area contributed by atoms with Gasteiger partial charge in [0.1, 0.15) is 0 Å². The van der Waals surface area contributed by atoms with E-state index in [0.717, 1.165) is 17.3 Å². The van der Waals surface area contributed by atoms with Gasteiger partial charge in [-0.3, -0.25) is 4.79 Å². The standard InChI is InChI=1S/C15H14F3N3O2/c1-8(22)10-4-2-3-9-6-21(7-11(9)10)12-5-19-20-14(23)13(12)15(16,17)18/h2-5,8,13,22H,6-7H2,1H3. The molecule has 1 aromatic carbocycles. The van der Waals surface area contributed by atoms with Crippen molar-refractivity contribution in [1.29, 1.82) is 0 Å². The predicted octanol–water partition coefficient (Wildman–Crippen LogP) is 3.07. The van der Waals surface area contributed by atoms with Crippen LogP contribution in [0.5, 0.6) is 0 Å². The minimum Gasteiger partial charge on any atom is -0.389 e. The third-order valence-electron chi connectivity index (χ3n) is 4.05. The lowest BCUT2D eigenvalue weighted by molar-refractivity contribution is -0.177. The van der Waals surface area contributed by atoms with E-state index in [2.05, 4.69) is 10.2 Å². The quantitative estimate of drug-likeness (QED) is 0.909. The lowest BCUT2D eigenvalue weighted by Gasteiger charge is -2.29. The summed E-state index contributed by atoms with van der Waals surface area (Å²) < 4.78 is 39.6. The lowest BCUT2D eigenvalue weighted by Crippen LogP contribution is -2.38. The van der Waals surface area contributed by atoms with Crippen LogP contribution in [0.2, 0.25) is 0 Å². The summed E-state index contributed by atoms with van der Waals surface area (Å²) in [5.41, 5.74) is 2.10. The summed E-state index contributed by atoms with van der Waals surface area (Å²) >= 11 is 0. The molecule has 0 saturated carbocycles. The average molecular weight is 325 g/mol. The number of alkyl halides is 3. The van der Waals surface area contributed by atoms with Crippen molar-refractivity contribution < 1.29 is 23.1 Å². The Balaban J connectivity index is 1.95. The molecule has 0 saturated heterocycles. The number of aliphatic hydroxyl groups excluding tert-OH is 1. The number of aliphatic hydroxyl groups is 1. The number of amides is 1. The Kier molecular flexibility index (Phi) is 3.71. The molecule has 3 rings (SSSR count). The molecule has 1 N–H and O–H groups in total. The van der Waals surface area contributed by atoms with Crippen LogP contribution in [0.1, 0.15) is 29.7 Å². The van der Waals surface area contributed by atoms with Crippen molar-refractivity contribution in [3.63, 3.8) is 0 Å². The van der Waals surface area contributed by atoms with Gasteiger partial charge in [-0.2, -0.15) is 18.3 Å². The number of carbonyl (C=O) groups is 1. The monoisotopic (exact) mass is 325 g/mol. The summed E-state index contributed by atoms with van der Waals surface area (Å²) in [6.07, 6.45) is -4.44. The van der Waals surface area contributed by atoms with Crippen LogP contribution in [0.15, 0.2) is 40.3 Å². The number of azo groups is 1. The van der Waals surface area contributed by atoms with Crippen molar-refractivity contribution in [2.45, 2.75) is 32.3 Å². The number of hydrogen-bond donors (Lipinski definition) is 1. The van der Waals surface area contributed by atoms with E-state index in [4.69, 9.17) is 0 Å². The molecule has 2 heterocycles. The van der Waals surface area contributed by atoms with Gasteiger partial charge in [-0.1, -0.05) is 18.2 Å². The second-order valence-electron chi connectivity index (χ2n) is 5.60. The van der Waals surface area contributed by atoms with Crippen molar-refractivity contribution >= 4 is 5.91 Å². The molecule has 0 aromatic heterocycles. The van der Waals surface area contributed by atoms with Gasteiger partial charge in [-0.25, -0.2) is 0 Å². The maximum atomic E-state index is 13.2. The maximum absolute atomic E-state index is 13.2. The molecule has 1 amide bonds. The van der Waals surface area contributed by atoms with E-state index in [-0.39, 0.29) is 18.8 Å². The van der Waals surface area contributed by atoms with Gasteiger partial charge in [0.05, 0.1) is 18.0 Å². The number of carbonyl (C=O) groups excluding carboxylic acids is 1. The van der Waals surface area contributed by atoms with Crippen LogP contribution in [0.4, 0.5) is 13.2 Å². The smallest absolute Gasteiger partial charge is 0.389 e. The molecule has 2 aliphatic rings. The summed E-state index contributed by atoms with van der Waals surface area (Å²) in [6, 6.07) is 5.30. The van der Waals surface area contributed by atoms with Crippen molar-refractivity contribution in [2.75, 3.05) is 0 Å². The van der Waals surface area contributed by atoms with E-state index in [1.165, 1.54) is 4.90 Å². The summed E-state index contributed by atoms with van der Waals surface area (Å²) in [5.74, 6) is -3.59. The number of fused-ring (bicyclic) bond motifs is 1. The fraction of sp³-hybridized carbons (Fsp3) is 0.400. The molecule has 0 fully saturated rings. The molecule has 2 unspecified atom stereocenters. The predicted molar refractivity (Wildman–Crippen MR) is 73.8 cm³/mol. The first-order valence-corrected chi connectivity index (χ1v) is 7.04. The number of rotatable bonds is 2. The SMILES string of the molecule is CC(O)c1cccc2c1CN(C1=CN=NC(=O)C1C(F)(F)F)C2. The molecule has 0 aliphatic carbocycles. The van der Waals surface area contributed by atoms with Crippen LogP contribution >= 0.6 is 0 Å². The highest BCUT2D eigenvalue weighted by Gasteiger charge is 2.50. The van der Waals surface area contributed by atoms with E-state index < -0.39 is 24.1 Å². The summed E-state index contributed by atoms with van der Waals surface area (Å²) in [6.45, 7) is 2.03. The van der Waals surface area contributed by atoms with Crippen molar-refractivity contribution in [3.8, 4) is 0 Å². The zero-order valence-corrected chi connectivity index (χ0v) is 12.2. The normalized spacial score (nSPS) is 22.1. The Morgan fingerprint density at radius 1 is 1.35 bits per heavy atom. The van der Waals surface area contributed by atoms with Crippen molar-refractivity contribution in [1.82, 2.24) is 4.90 Å². The second kappa shape index (κ2) is 5.45. The van der Waals surface area contributed by atoms with Gasteiger partial charge in [-0.05, 0) is 23.6 Å². The van der Waals surface area contributed by atoms with E-state index in [0.29, 0.717) is 5.56 Å². The van der Waals surface area contributed by atoms with E-state index in [9.17, 15) is 23.1 Å². The second-order valence-corrected chi connectivity index (χ2v) is 5.60. The molecular weight excluding hydrogens is 311 g/mol. The molecule has 8 heteroatoms. The van der Waals surface area contributed by atoms with Crippen molar-refractivity contribution in [3.05, 3.63) is 46.8 Å². The van der Waals surface area contributed by atoms with E-state index in [1.54, 1.807) is 25.1 Å². The number of halogens is 3. The Morgan fingerprint density at radius 2 is 2.09 bits per heavy atom. The summed E-state index contributed by atoms with van der Waals surface area (Å²) in [4.78, 5) is 13.0. The topological polar surface area (TPSA) is 65.3 Å². The zero-order valence-electron chi connectivity index (χ0n) is 12.2. The van der Waals surface area contributed by atoms with Crippen LogP contribution in [0.25, 0.3) is 0 Å². The minimum absolute atomic E-state index is 0.192.